The minimum atomic E-state index is 0.631. The Hall–Kier alpha value is -0.570. The molecular weight excluding hydrogens is 228 g/mol. The van der Waals surface area contributed by atoms with E-state index in [-0.39, 0.29) is 0 Å². The molecule has 0 bridgehead atoms. The van der Waals surface area contributed by atoms with E-state index >= 15 is 0 Å². The topological polar surface area (TPSA) is 24.9 Å². The SMILES string of the molecule is Brc1cccnc1NC1CCCC1. The van der Waals surface area contributed by atoms with Gasteiger partial charge < -0.3 is 5.32 Å². The van der Waals surface area contributed by atoms with Gasteiger partial charge in [0.1, 0.15) is 5.82 Å². The Bertz CT molecular complexity index is 282. The van der Waals surface area contributed by atoms with E-state index in [1.165, 1.54) is 25.7 Å². The second kappa shape index (κ2) is 4.09. The van der Waals surface area contributed by atoms with Gasteiger partial charge in [-0.1, -0.05) is 12.8 Å². The average Bonchev–Trinajstić information content (AvgIpc) is 2.61. The van der Waals surface area contributed by atoms with Crippen LogP contribution in [-0.2, 0) is 0 Å². The van der Waals surface area contributed by atoms with E-state index < -0.39 is 0 Å². The summed E-state index contributed by atoms with van der Waals surface area (Å²) in [6.45, 7) is 0. The molecule has 70 valence electrons. The Morgan fingerprint density at radius 1 is 1.38 bits per heavy atom. The first-order valence-corrected chi connectivity index (χ1v) is 5.52. The molecule has 0 aromatic carbocycles. The summed E-state index contributed by atoms with van der Waals surface area (Å²) in [5.41, 5.74) is 0. The Labute approximate surface area is 86.9 Å². The van der Waals surface area contributed by atoms with E-state index in [9.17, 15) is 0 Å². The van der Waals surface area contributed by atoms with Crippen molar-refractivity contribution in [2.75, 3.05) is 5.32 Å². The number of nitrogens with one attached hydrogen (secondary N) is 1. The number of anilines is 1. The molecule has 1 aromatic heterocycles. The standard InChI is InChI=1S/C10H13BrN2/c11-9-6-3-7-12-10(9)13-8-4-1-2-5-8/h3,6-8H,1-2,4-5H2,(H,12,13). The molecule has 0 spiro atoms. The second-order valence-corrected chi connectivity index (χ2v) is 4.31. The van der Waals surface area contributed by atoms with Crippen molar-refractivity contribution in [1.82, 2.24) is 4.98 Å². The maximum Gasteiger partial charge on any atom is 0.140 e. The fourth-order valence-corrected chi connectivity index (χ4v) is 2.12. The van der Waals surface area contributed by atoms with Gasteiger partial charge in [-0.25, -0.2) is 4.98 Å². The molecule has 2 rings (SSSR count). The van der Waals surface area contributed by atoms with Crippen molar-refractivity contribution < 1.29 is 0 Å². The molecule has 1 aliphatic rings. The van der Waals surface area contributed by atoms with Crippen molar-refractivity contribution in [2.45, 2.75) is 31.7 Å². The molecule has 0 amide bonds. The van der Waals surface area contributed by atoms with Gasteiger partial charge in [0.25, 0.3) is 0 Å². The van der Waals surface area contributed by atoms with Gasteiger partial charge in [0, 0.05) is 12.2 Å². The van der Waals surface area contributed by atoms with E-state index in [0.29, 0.717) is 6.04 Å². The lowest BCUT2D eigenvalue weighted by atomic mass is 10.2. The Morgan fingerprint density at radius 2 is 2.15 bits per heavy atom. The highest BCUT2D eigenvalue weighted by Crippen LogP contribution is 2.25. The zero-order valence-corrected chi connectivity index (χ0v) is 9.05. The molecule has 1 aliphatic carbocycles. The fraction of sp³-hybridized carbons (Fsp3) is 0.500. The van der Waals surface area contributed by atoms with Crippen molar-refractivity contribution in [3.05, 3.63) is 22.8 Å². The van der Waals surface area contributed by atoms with Crippen LogP contribution in [0.3, 0.4) is 0 Å². The molecule has 1 saturated carbocycles. The van der Waals surface area contributed by atoms with Gasteiger partial charge >= 0.3 is 0 Å². The van der Waals surface area contributed by atoms with Crippen molar-refractivity contribution in [2.24, 2.45) is 0 Å². The van der Waals surface area contributed by atoms with Crippen molar-refractivity contribution in [3.63, 3.8) is 0 Å². The van der Waals surface area contributed by atoms with Gasteiger partial charge in [-0.3, -0.25) is 0 Å². The van der Waals surface area contributed by atoms with Crippen LogP contribution in [0.1, 0.15) is 25.7 Å². The summed E-state index contributed by atoms with van der Waals surface area (Å²) < 4.78 is 1.06. The first-order chi connectivity index (χ1) is 6.36. The van der Waals surface area contributed by atoms with Crippen molar-refractivity contribution >= 4 is 21.7 Å². The molecule has 1 N–H and O–H groups in total. The van der Waals surface area contributed by atoms with Crippen LogP contribution in [0.15, 0.2) is 22.8 Å². The van der Waals surface area contributed by atoms with E-state index in [0.717, 1.165) is 10.3 Å². The lowest BCUT2D eigenvalue weighted by Crippen LogP contribution is -2.15. The minimum Gasteiger partial charge on any atom is -0.366 e. The predicted octanol–water partition coefficient (Wildman–Crippen LogP) is 3.20. The number of halogens is 1. The van der Waals surface area contributed by atoms with Crippen LogP contribution < -0.4 is 5.32 Å². The molecule has 0 aliphatic heterocycles. The number of pyridine rings is 1. The summed E-state index contributed by atoms with van der Waals surface area (Å²) in [6.07, 6.45) is 7.08. The quantitative estimate of drug-likeness (QED) is 0.859. The van der Waals surface area contributed by atoms with Crippen LogP contribution in [0.5, 0.6) is 0 Å². The molecule has 1 heterocycles. The van der Waals surface area contributed by atoms with E-state index in [1.54, 1.807) is 0 Å². The van der Waals surface area contributed by atoms with Crippen LogP contribution >= 0.6 is 15.9 Å². The molecule has 1 aromatic rings. The van der Waals surface area contributed by atoms with Gasteiger partial charge in [-0.2, -0.15) is 0 Å². The summed E-state index contributed by atoms with van der Waals surface area (Å²) in [6, 6.07) is 4.58. The summed E-state index contributed by atoms with van der Waals surface area (Å²) in [5, 5.41) is 3.45. The van der Waals surface area contributed by atoms with Crippen LogP contribution in [0.2, 0.25) is 0 Å². The molecule has 3 heteroatoms. The zero-order chi connectivity index (χ0) is 9.10. The monoisotopic (exact) mass is 240 g/mol. The van der Waals surface area contributed by atoms with Gasteiger partial charge in [-0.15, -0.1) is 0 Å². The third kappa shape index (κ3) is 2.21. The highest BCUT2D eigenvalue weighted by atomic mass is 79.9. The third-order valence-electron chi connectivity index (χ3n) is 2.45. The summed E-state index contributed by atoms with van der Waals surface area (Å²) in [7, 11) is 0. The average molecular weight is 241 g/mol. The Morgan fingerprint density at radius 3 is 2.85 bits per heavy atom. The number of rotatable bonds is 2. The van der Waals surface area contributed by atoms with E-state index in [1.807, 2.05) is 18.3 Å². The predicted molar refractivity (Wildman–Crippen MR) is 57.8 cm³/mol. The van der Waals surface area contributed by atoms with E-state index in [4.69, 9.17) is 0 Å². The molecule has 13 heavy (non-hydrogen) atoms. The van der Waals surface area contributed by atoms with Crippen LogP contribution in [0.25, 0.3) is 0 Å². The van der Waals surface area contributed by atoms with Gasteiger partial charge in [0.05, 0.1) is 4.47 Å². The smallest absolute Gasteiger partial charge is 0.140 e. The first kappa shape index (κ1) is 9.00. The fourth-order valence-electron chi connectivity index (χ4n) is 1.76. The molecule has 1 fully saturated rings. The molecule has 2 nitrogen and oxygen atoms in total. The van der Waals surface area contributed by atoms with Gasteiger partial charge in [0.2, 0.25) is 0 Å². The number of aromatic nitrogens is 1. The van der Waals surface area contributed by atoms with Gasteiger partial charge in [-0.05, 0) is 40.9 Å². The van der Waals surface area contributed by atoms with Crippen LogP contribution in [-0.4, -0.2) is 11.0 Å². The number of hydrogen-bond donors (Lipinski definition) is 1. The number of nitrogens with zero attached hydrogens (tertiary/aromatic N) is 1. The van der Waals surface area contributed by atoms with Crippen LogP contribution in [0.4, 0.5) is 5.82 Å². The van der Waals surface area contributed by atoms with Crippen molar-refractivity contribution in [1.29, 1.82) is 0 Å². The maximum atomic E-state index is 4.28. The van der Waals surface area contributed by atoms with Crippen molar-refractivity contribution in [3.8, 4) is 0 Å². The first-order valence-electron chi connectivity index (χ1n) is 4.73. The highest BCUT2D eigenvalue weighted by molar-refractivity contribution is 9.10. The molecule has 0 radical (unpaired) electrons. The largest absolute Gasteiger partial charge is 0.366 e. The second-order valence-electron chi connectivity index (χ2n) is 3.46. The third-order valence-corrected chi connectivity index (χ3v) is 3.09. The number of hydrogen-bond acceptors (Lipinski definition) is 2. The summed E-state index contributed by atoms with van der Waals surface area (Å²) >= 11 is 3.48. The zero-order valence-electron chi connectivity index (χ0n) is 7.46. The Balaban J connectivity index is 2.04. The van der Waals surface area contributed by atoms with E-state index in [2.05, 4.69) is 26.2 Å². The molecule has 0 unspecified atom stereocenters. The Kier molecular flexibility index (Phi) is 2.83. The van der Waals surface area contributed by atoms with Crippen LogP contribution in [0, 0.1) is 0 Å². The van der Waals surface area contributed by atoms with Gasteiger partial charge in [0.15, 0.2) is 0 Å². The maximum absolute atomic E-state index is 4.28. The molecule has 0 saturated heterocycles. The molecular formula is C10H13BrN2. The lowest BCUT2D eigenvalue weighted by Gasteiger charge is -2.13. The summed E-state index contributed by atoms with van der Waals surface area (Å²) in [4.78, 5) is 4.28. The normalized spacial score (nSPS) is 17.6. The summed E-state index contributed by atoms with van der Waals surface area (Å²) in [5.74, 6) is 0.981. The minimum absolute atomic E-state index is 0.631. The lowest BCUT2D eigenvalue weighted by molar-refractivity contribution is 0.750. The highest BCUT2D eigenvalue weighted by Gasteiger charge is 2.15. The molecule has 0 atom stereocenters.